The van der Waals surface area contributed by atoms with Crippen LogP contribution in [0.1, 0.15) is 36.3 Å². The van der Waals surface area contributed by atoms with E-state index in [0.717, 1.165) is 66.9 Å². The molecule has 2 fully saturated rings. The van der Waals surface area contributed by atoms with E-state index in [4.69, 9.17) is 0 Å². The van der Waals surface area contributed by atoms with Crippen molar-refractivity contribution in [3.63, 3.8) is 0 Å². The minimum atomic E-state index is -4.27. The molecule has 1 saturated carbocycles. The highest BCUT2D eigenvalue weighted by atomic mass is 35.5. The van der Waals surface area contributed by atoms with Crippen LogP contribution < -0.4 is 0 Å². The number of benzene rings is 1. The SMILES string of the molecule is Cl.Cn1c(SCCCN2CC[C@]3(C[C@@H]3c3ccc(C(F)(F)F)cc3)C2)nnc1-c1csnn1. The summed E-state index contributed by atoms with van der Waals surface area (Å²) in [5.74, 6) is 2.07. The summed E-state index contributed by atoms with van der Waals surface area (Å²) >= 11 is 2.98. The largest absolute Gasteiger partial charge is 0.416 e. The van der Waals surface area contributed by atoms with Gasteiger partial charge in [-0.15, -0.1) is 27.7 Å². The number of thioether (sulfide) groups is 1. The number of likely N-dealkylation sites (tertiary alicyclic amines) is 1. The molecular formula is C21H24ClF3N6S2. The molecule has 5 rings (SSSR count). The second-order valence-corrected chi connectivity index (χ2v) is 10.3. The van der Waals surface area contributed by atoms with Crippen molar-refractivity contribution in [2.45, 2.75) is 36.5 Å². The van der Waals surface area contributed by atoms with E-state index in [0.29, 0.717) is 5.92 Å². The standard InChI is InChI=1S/C21H23F3N6S2.ClH/c1-29-18(17-12-32-28-25-17)26-27-19(29)31-10-2-8-30-9-7-20(13-30)11-16(20)14-3-5-15(6-4-14)21(22,23)24;/h3-6,12,16H,2,7-11,13H2,1H3;1H/t16-,20+;/m1./s1. The summed E-state index contributed by atoms with van der Waals surface area (Å²) < 4.78 is 44.2. The molecule has 1 aliphatic carbocycles. The van der Waals surface area contributed by atoms with E-state index in [9.17, 15) is 13.2 Å². The number of nitrogens with zero attached hydrogens (tertiary/aromatic N) is 6. The molecule has 2 atom stereocenters. The third-order valence-corrected chi connectivity index (χ3v) is 8.18. The molecule has 1 saturated heterocycles. The van der Waals surface area contributed by atoms with Gasteiger partial charge >= 0.3 is 6.18 Å². The van der Waals surface area contributed by atoms with E-state index in [2.05, 4.69) is 24.7 Å². The molecule has 178 valence electrons. The Kier molecular flexibility index (Phi) is 7.05. The Morgan fingerprint density at radius 3 is 2.67 bits per heavy atom. The first-order valence-electron chi connectivity index (χ1n) is 10.5. The lowest BCUT2D eigenvalue weighted by atomic mass is 9.97. The third-order valence-electron chi connectivity index (χ3n) is 6.57. The van der Waals surface area contributed by atoms with E-state index < -0.39 is 11.7 Å². The van der Waals surface area contributed by atoms with Crippen LogP contribution in [0.2, 0.25) is 0 Å². The van der Waals surface area contributed by atoms with Gasteiger partial charge in [0.05, 0.1) is 5.56 Å². The van der Waals surface area contributed by atoms with Crippen LogP contribution in [0, 0.1) is 5.41 Å². The number of rotatable bonds is 7. The van der Waals surface area contributed by atoms with Gasteiger partial charge in [0.2, 0.25) is 0 Å². The van der Waals surface area contributed by atoms with E-state index in [-0.39, 0.29) is 17.8 Å². The molecule has 33 heavy (non-hydrogen) atoms. The number of aromatic nitrogens is 5. The molecule has 0 N–H and O–H groups in total. The fourth-order valence-electron chi connectivity index (χ4n) is 4.73. The van der Waals surface area contributed by atoms with Gasteiger partial charge in [0.25, 0.3) is 0 Å². The molecule has 0 radical (unpaired) electrons. The summed E-state index contributed by atoms with van der Waals surface area (Å²) in [5, 5.41) is 15.3. The fourth-order valence-corrected chi connectivity index (χ4v) is 6.00. The van der Waals surface area contributed by atoms with Crippen molar-refractivity contribution in [2.24, 2.45) is 12.5 Å². The lowest BCUT2D eigenvalue weighted by Crippen LogP contribution is -2.23. The average molecular weight is 517 g/mol. The molecule has 3 aromatic rings. The number of hydrogen-bond donors (Lipinski definition) is 0. The quantitative estimate of drug-likeness (QED) is 0.320. The van der Waals surface area contributed by atoms with Gasteiger partial charge in [-0.05, 0) is 72.9 Å². The van der Waals surface area contributed by atoms with Crippen molar-refractivity contribution in [1.29, 1.82) is 0 Å². The molecule has 12 heteroatoms. The van der Waals surface area contributed by atoms with Gasteiger partial charge in [-0.1, -0.05) is 28.4 Å². The van der Waals surface area contributed by atoms with Gasteiger partial charge < -0.3 is 9.47 Å². The van der Waals surface area contributed by atoms with E-state index in [1.807, 2.05) is 17.0 Å². The first-order chi connectivity index (χ1) is 15.4. The first kappa shape index (κ1) is 24.4. The van der Waals surface area contributed by atoms with Crippen LogP contribution in [0.25, 0.3) is 11.5 Å². The maximum absolute atomic E-state index is 12.8. The summed E-state index contributed by atoms with van der Waals surface area (Å²) in [6, 6.07) is 5.76. The average Bonchev–Trinajstić information content (AvgIpc) is 3.16. The summed E-state index contributed by atoms with van der Waals surface area (Å²) in [6.45, 7) is 3.12. The Hall–Kier alpha value is -1.69. The van der Waals surface area contributed by atoms with E-state index in [1.165, 1.54) is 23.7 Å². The van der Waals surface area contributed by atoms with Crippen LogP contribution in [0.15, 0.2) is 34.8 Å². The maximum Gasteiger partial charge on any atom is 0.416 e. The number of halogens is 4. The van der Waals surface area contributed by atoms with Gasteiger partial charge in [-0.25, -0.2) is 0 Å². The minimum Gasteiger partial charge on any atom is -0.304 e. The smallest absolute Gasteiger partial charge is 0.304 e. The lowest BCUT2D eigenvalue weighted by Gasteiger charge is -2.16. The Bertz CT molecular complexity index is 1070. The summed E-state index contributed by atoms with van der Waals surface area (Å²) in [4.78, 5) is 2.49. The van der Waals surface area contributed by atoms with Gasteiger partial charge in [-0.3, -0.25) is 0 Å². The highest BCUT2D eigenvalue weighted by Gasteiger charge is 2.57. The third kappa shape index (κ3) is 5.06. The molecule has 0 amide bonds. The maximum atomic E-state index is 12.8. The molecule has 2 aliphatic rings. The van der Waals surface area contributed by atoms with Gasteiger partial charge in [0.1, 0.15) is 5.69 Å². The summed E-state index contributed by atoms with van der Waals surface area (Å²) in [6.07, 6.45) is -1.02. The van der Waals surface area contributed by atoms with Crippen molar-refractivity contribution in [3.8, 4) is 11.5 Å². The van der Waals surface area contributed by atoms with Crippen molar-refractivity contribution in [1.82, 2.24) is 29.3 Å². The molecule has 0 unspecified atom stereocenters. The Morgan fingerprint density at radius 1 is 1.18 bits per heavy atom. The Labute approximate surface area is 204 Å². The van der Waals surface area contributed by atoms with Crippen molar-refractivity contribution >= 4 is 35.7 Å². The van der Waals surface area contributed by atoms with Gasteiger partial charge in [0.15, 0.2) is 11.0 Å². The molecule has 1 spiro atoms. The molecule has 2 aromatic heterocycles. The zero-order valence-electron chi connectivity index (χ0n) is 18.0. The predicted molar refractivity (Wildman–Crippen MR) is 125 cm³/mol. The normalized spacial score (nSPS) is 22.6. The van der Waals surface area contributed by atoms with Gasteiger partial charge in [-0.2, -0.15) is 13.2 Å². The minimum absolute atomic E-state index is 0. The molecule has 1 aliphatic heterocycles. The molecular weight excluding hydrogens is 493 g/mol. The van der Waals surface area contributed by atoms with Crippen LogP contribution in [-0.4, -0.2) is 54.6 Å². The zero-order valence-corrected chi connectivity index (χ0v) is 20.4. The number of hydrogen-bond acceptors (Lipinski definition) is 7. The van der Waals surface area contributed by atoms with Gasteiger partial charge in [0, 0.05) is 24.7 Å². The molecule has 1 aromatic carbocycles. The number of alkyl halides is 3. The monoisotopic (exact) mass is 516 g/mol. The lowest BCUT2D eigenvalue weighted by molar-refractivity contribution is -0.137. The highest BCUT2D eigenvalue weighted by Crippen LogP contribution is 2.64. The zero-order chi connectivity index (χ0) is 22.3. The highest BCUT2D eigenvalue weighted by molar-refractivity contribution is 7.99. The van der Waals surface area contributed by atoms with Crippen LogP contribution in [0.5, 0.6) is 0 Å². The molecule has 3 heterocycles. The predicted octanol–water partition coefficient (Wildman–Crippen LogP) is 5.14. The second kappa shape index (κ2) is 9.52. The second-order valence-electron chi connectivity index (χ2n) is 8.62. The van der Waals surface area contributed by atoms with Crippen LogP contribution in [0.3, 0.4) is 0 Å². The van der Waals surface area contributed by atoms with Crippen molar-refractivity contribution in [2.75, 3.05) is 25.4 Å². The summed E-state index contributed by atoms with van der Waals surface area (Å²) in [7, 11) is 1.94. The Morgan fingerprint density at radius 2 is 1.97 bits per heavy atom. The van der Waals surface area contributed by atoms with E-state index in [1.54, 1.807) is 23.9 Å². The van der Waals surface area contributed by atoms with Crippen molar-refractivity contribution in [3.05, 3.63) is 40.8 Å². The molecule has 6 nitrogen and oxygen atoms in total. The summed E-state index contributed by atoms with van der Waals surface area (Å²) in [5.41, 5.74) is 1.47. The molecule has 0 bridgehead atoms. The van der Waals surface area contributed by atoms with Crippen LogP contribution >= 0.6 is 35.7 Å². The first-order valence-corrected chi connectivity index (χ1v) is 12.4. The van der Waals surface area contributed by atoms with Crippen LogP contribution in [-0.2, 0) is 13.2 Å². The van der Waals surface area contributed by atoms with Crippen LogP contribution in [0.4, 0.5) is 13.2 Å². The fraction of sp³-hybridized carbons (Fsp3) is 0.524. The topological polar surface area (TPSA) is 59.7 Å². The van der Waals surface area contributed by atoms with E-state index >= 15 is 0 Å². The van der Waals surface area contributed by atoms with Crippen molar-refractivity contribution < 1.29 is 13.2 Å². The Balaban J connectivity index is 0.00000259.